The third kappa shape index (κ3) is 4.22. The van der Waals surface area contributed by atoms with E-state index in [-0.39, 0.29) is 29.7 Å². The van der Waals surface area contributed by atoms with Gasteiger partial charge in [0, 0.05) is 22.3 Å². The van der Waals surface area contributed by atoms with E-state index in [2.05, 4.69) is 66.7 Å². The van der Waals surface area contributed by atoms with Gasteiger partial charge in [-0.25, -0.2) is 15.0 Å². The molecular weight excluding hydrogens is 611 g/mol. The highest BCUT2D eigenvalue weighted by atomic mass is 16.5. The number of ether oxygens (including phenoxy) is 1. The highest BCUT2D eigenvalue weighted by Crippen LogP contribution is 2.63. The third-order valence-corrected chi connectivity index (χ3v) is 9.71. The van der Waals surface area contributed by atoms with Gasteiger partial charge in [-0.05, 0) is 45.5 Å². The van der Waals surface area contributed by atoms with Gasteiger partial charge < -0.3 is 4.74 Å². The molecule has 0 unspecified atom stereocenters. The number of hydrogen-bond acceptors (Lipinski definition) is 4. The summed E-state index contributed by atoms with van der Waals surface area (Å²) in [6.07, 6.45) is 0. The fourth-order valence-corrected chi connectivity index (χ4v) is 7.58. The van der Waals surface area contributed by atoms with Crippen molar-refractivity contribution in [3.05, 3.63) is 198 Å². The van der Waals surface area contributed by atoms with Crippen molar-refractivity contribution >= 4 is 0 Å². The molecular formula is C46H29N3O. The highest BCUT2D eigenvalue weighted by Gasteiger charge is 2.51. The molecule has 2 aliphatic rings. The zero-order chi connectivity index (χ0) is 37.4. The van der Waals surface area contributed by atoms with Gasteiger partial charge in [0.1, 0.15) is 11.5 Å². The Hall–Kier alpha value is -6.65. The second kappa shape index (κ2) is 11.2. The van der Waals surface area contributed by atoms with E-state index in [9.17, 15) is 0 Å². The number of hydrogen-bond donors (Lipinski definition) is 0. The lowest BCUT2D eigenvalue weighted by atomic mass is 9.66. The second-order valence-electron chi connectivity index (χ2n) is 12.4. The Labute approximate surface area is 297 Å². The van der Waals surface area contributed by atoms with Gasteiger partial charge in [-0.3, -0.25) is 0 Å². The highest BCUT2D eigenvalue weighted by molar-refractivity contribution is 5.90. The second-order valence-corrected chi connectivity index (χ2v) is 12.4. The monoisotopic (exact) mass is 644 g/mol. The number of aromatic nitrogens is 3. The first-order valence-corrected chi connectivity index (χ1v) is 16.5. The minimum Gasteiger partial charge on any atom is -0.456 e. The van der Waals surface area contributed by atoms with Crippen LogP contribution in [0.2, 0.25) is 0 Å². The average molecular weight is 645 g/mol. The fourth-order valence-electron chi connectivity index (χ4n) is 7.58. The third-order valence-electron chi connectivity index (χ3n) is 9.71. The minimum absolute atomic E-state index is 0.135. The summed E-state index contributed by atoms with van der Waals surface area (Å²) in [6, 6.07) is 46.7. The quantitative estimate of drug-likeness (QED) is 0.191. The van der Waals surface area contributed by atoms with E-state index in [0.717, 1.165) is 22.4 Å². The van der Waals surface area contributed by atoms with Crippen molar-refractivity contribution in [2.24, 2.45) is 0 Å². The Morgan fingerprint density at radius 2 is 0.920 bits per heavy atom. The van der Waals surface area contributed by atoms with Gasteiger partial charge in [0.25, 0.3) is 0 Å². The average Bonchev–Trinajstić information content (AvgIpc) is 3.53. The van der Waals surface area contributed by atoms with Gasteiger partial charge in [-0.1, -0.05) is 164 Å². The summed E-state index contributed by atoms with van der Waals surface area (Å²) in [7, 11) is 0. The maximum atomic E-state index is 8.48. The molecule has 0 radical (unpaired) electrons. The molecule has 0 amide bonds. The van der Waals surface area contributed by atoms with E-state index in [0.29, 0.717) is 39.9 Å². The summed E-state index contributed by atoms with van der Waals surface area (Å²) in [5.74, 6) is 2.76. The van der Waals surface area contributed by atoms with Crippen LogP contribution in [-0.4, -0.2) is 15.0 Å². The molecule has 234 valence electrons. The molecule has 2 heterocycles. The van der Waals surface area contributed by atoms with Crippen LogP contribution in [0.25, 0.3) is 56.4 Å². The van der Waals surface area contributed by atoms with Crippen LogP contribution < -0.4 is 4.74 Å². The first-order chi connectivity index (χ1) is 26.9. The number of rotatable bonds is 4. The fraction of sp³-hybridized carbons (Fsp3) is 0.0217. The van der Waals surface area contributed by atoms with Gasteiger partial charge >= 0.3 is 0 Å². The molecule has 0 atom stereocenters. The molecule has 1 aliphatic heterocycles. The minimum atomic E-state index is -0.648. The Bertz CT molecular complexity index is 2790. The van der Waals surface area contributed by atoms with Crippen LogP contribution in [0.5, 0.6) is 11.5 Å². The first-order valence-electron chi connectivity index (χ1n) is 19.0. The molecule has 8 aromatic rings. The van der Waals surface area contributed by atoms with Crippen molar-refractivity contribution in [2.75, 3.05) is 0 Å². The zero-order valence-corrected chi connectivity index (χ0v) is 26.6. The van der Waals surface area contributed by atoms with Crippen LogP contribution in [0.15, 0.2) is 176 Å². The number of fused-ring (bicyclic) bond motifs is 9. The molecule has 1 spiro atoms. The van der Waals surface area contributed by atoms with Crippen molar-refractivity contribution in [2.45, 2.75) is 5.41 Å². The predicted octanol–water partition coefficient (Wildman–Crippen LogP) is 11.0. The molecule has 1 aliphatic carbocycles. The molecule has 1 aromatic heterocycles. The van der Waals surface area contributed by atoms with Crippen LogP contribution in [-0.2, 0) is 5.41 Å². The summed E-state index contributed by atoms with van der Waals surface area (Å²) in [5.41, 5.74) is 8.98. The molecule has 0 saturated carbocycles. The van der Waals surface area contributed by atoms with Crippen molar-refractivity contribution in [3.63, 3.8) is 0 Å². The topological polar surface area (TPSA) is 47.9 Å². The lowest BCUT2D eigenvalue weighted by Crippen LogP contribution is -2.32. The Kier molecular flexibility index (Phi) is 5.30. The van der Waals surface area contributed by atoms with Crippen LogP contribution in [0.1, 0.15) is 29.1 Å². The Morgan fingerprint density at radius 1 is 0.400 bits per heavy atom. The molecule has 0 saturated heterocycles. The molecule has 7 aromatic carbocycles. The van der Waals surface area contributed by atoms with Gasteiger partial charge in [0.05, 0.1) is 17.8 Å². The predicted molar refractivity (Wildman–Crippen MR) is 199 cm³/mol. The van der Waals surface area contributed by atoms with Gasteiger partial charge in [-0.2, -0.15) is 0 Å². The summed E-state index contributed by atoms with van der Waals surface area (Å²) in [6.45, 7) is 0. The number of benzene rings is 7. The van der Waals surface area contributed by atoms with Crippen LogP contribution >= 0.6 is 0 Å². The summed E-state index contributed by atoms with van der Waals surface area (Å²) in [4.78, 5) is 15.1. The van der Waals surface area contributed by atoms with E-state index in [1.54, 1.807) is 24.3 Å². The molecule has 10 rings (SSSR count). The van der Waals surface area contributed by atoms with Crippen molar-refractivity contribution in [1.82, 2.24) is 15.0 Å². The molecule has 0 fully saturated rings. The summed E-state index contributed by atoms with van der Waals surface area (Å²) < 4.78 is 48.2. The zero-order valence-electron chi connectivity index (χ0n) is 31.6. The molecule has 0 bridgehead atoms. The Morgan fingerprint density at radius 3 is 1.62 bits per heavy atom. The van der Waals surface area contributed by atoms with Gasteiger partial charge in [-0.15, -0.1) is 0 Å². The van der Waals surface area contributed by atoms with Crippen LogP contribution in [0, 0.1) is 0 Å². The summed E-state index contributed by atoms with van der Waals surface area (Å²) in [5, 5.41) is 0. The standard InChI is InChI=1S/C46H29N3O/c1-3-14-30(15-4-1)31-26-28-33(29-27-31)44-47-43(32-16-5-2-6-17-32)48-45(49-44)36-20-13-24-40-42(36)50-41-25-12-11-23-39(41)46(40)37-21-9-7-18-34(37)35-19-8-10-22-38(35)46/h1-29H/i1D,3D,4D,14D,15D. The molecule has 4 heteroatoms. The Balaban J connectivity index is 1.18. The largest absolute Gasteiger partial charge is 0.456 e. The van der Waals surface area contributed by atoms with E-state index >= 15 is 0 Å². The summed E-state index contributed by atoms with van der Waals surface area (Å²) >= 11 is 0. The van der Waals surface area contributed by atoms with E-state index in [1.165, 1.54) is 22.3 Å². The lowest BCUT2D eigenvalue weighted by Gasteiger charge is -2.39. The number of nitrogens with zero attached hydrogens (tertiary/aromatic N) is 3. The van der Waals surface area contributed by atoms with Gasteiger partial charge in [0.2, 0.25) is 0 Å². The van der Waals surface area contributed by atoms with Gasteiger partial charge in [0.15, 0.2) is 17.5 Å². The SMILES string of the molecule is [2H]c1c([2H])c([2H])c(-c2ccc(-c3nc(-c4ccccc4)nc(-c4cccc5c4Oc4ccccc4C54c5ccccc5-c5ccccc54)n3)cc2)c([2H])c1[2H]. The van der Waals surface area contributed by atoms with E-state index in [1.807, 2.05) is 54.6 Å². The van der Waals surface area contributed by atoms with Crippen molar-refractivity contribution in [1.29, 1.82) is 0 Å². The van der Waals surface area contributed by atoms with E-state index in [4.69, 9.17) is 26.5 Å². The maximum Gasteiger partial charge on any atom is 0.167 e. The number of para-hydroxylation sites is 2. The van der Waals surface area contributed by atoms with Crippen LogP contribution in [0.3, 0.4) is 0 Å². The molecule has 4 nitrogen and oxygen atoms in total. The first kappa shape index (κ1) is 23.6. The van der Waals surface area contributed by atoms with Crippen molar-refractivity contribution < 1.29 is 11.6 Å². The maximum absolute atomic E-state index is 8.48. The van der Waals surface area contributed by atoms with Crippen LogP contribution in [0.4, 0.5) is 0 Å². The normalized spacial score (nSPS) is 14.5. The molecule has 50 heavy (non-hydrogen) atoms. The lowest BCUT2D eigenvalue weighted by molar-refractivity contribution is 0.437. The molecule has 0 N–H and O–H groups in total. The smallest absolute Gasteiger partial charge is 0.167 e. The van der Waals surface area contributed by atoms with Crippen molar-refractivity contribution in [3.8, 4) is 67.9 Å². The van der Waals surface area contributed by atoms with E-state index < -0.39 is 11.5 Å².